The van der Waals surface area contributed by atoms with Gasteiger partial charge in [-0.05, 0) is 18.6 Å². The molecule has 3 N–H and O–H groups in total. The van der Waals surface area contributed by atoms with E-state index in [0.717, 1.165) is 16.8 Å². The van der Waals surface area contributed by atoms with Gasteiger partial charge in [0.2, 0.25) is 11.8 Å². The number of fused-ring (bicyclic) bond motifs is 1. The number of amides is 2. The Morgan fingerprint density at radius 3 is 2.72 bits per heavy atom. The summed E-state index contributed by atoms with van der Waals surface area (Å²) in [4.78, 5) is 37.7. The number of pyridine rings is 1. The fourth-order valence-electron chi connectivity index (χ4n) is 2.78. The summed E-state index contributed by atoms with van der Waals surface area (Å²) in [5, 5.41) is 3.19. The topological polar surface area (TPSA) is 114 Å². The maximum absolute atomic E-state index is 11.7. The Morgan fingerprint density at radius 2 is 2.04 bits per heavy atom. The van der Waals surface area contributed by atoms with Crippen molar-refractivity contribution in [1.82, 2.24) is 19.9 Å². The summed E-state index contributed by atoms with van der Waals surface area (Å²) in [5.41, 5.74) is 7.86. The molecule has 0 spiro atoms. The second-order valence-corrected chi connectivity index (χ2v) is 5.89. The van der Waals surface area contributed by atoms with Crippen LogP contribution in [0.4, 0.5) is 5.82 Å². The first-order valence-electron chi connectivity index (χ1n) is 8.12. The number of carbonyl (C=O) groups excluding carboxylic acids is 2. The Kier molecular flexibility index (Phi) is 4.87. The van der Waals surface area contributed by atoms with Gasteiger partial charge >= 0.3 is 0 Å². The van der Waals surface area contributed by atoms with Gasteiger partial charge in [-0.25, -0.2) is 9.97 Å². The van der Waals surface area contributed by atoms with E-state index in [1.807, 2.05) is 12.1 Å². The predicted molar refractivity (Wildman–Crippen MR) is 92.4 cm³/mol. The van der Waals surface area contributed by atoms with Crippen LogP contribution in [0.25, 0.3) is 11.4 Å². The summed E-state index contributed by atoms with van der Waals surface area (Å²) in [6.45, 7) is 3.05. The third-order valence-corrected chi connectivity index (χ3v) is 4.11. The molecule has 8 nitrogen and oxygen atoms in total. The Balaban J connectivity index is 1.96. The molecule has 3 rings (SSSR count). The minimum atomic E-state index is -0.368. The van der Waals surface area contributed by atoms with Crippen molar-refractivity contribution < 1.29 is 9.59 Å². The van der Waals surface area contributed by atoms with E-state index in [1.54, 1.807) is 24.2 Å². The average Bonchev–Trinajstić information content (AvgIpc) is 2.61. The van der Waals surface area contributed by atoms with Gasteiger partial charge in [0.05, 0.1) is 12.2 Å². The summed E-state index contributed by atoms with van der Waals surface area (Å²) in [6, 6.07) is 3.67. The first kappa shape index (κ1) is 16.8. The van der Waals surface area contributed by atoms with Crippen molar-refractivity contribution >= 4 is 17.6 Å². The molecule has 0 saturated carbocycles. The normalized spacial score (nSPS) is 13.2. The lowest BCUT2D eigenvalue weighted by molar-refractivity contribution is -0.129. The standard InChI is InChI=1S/C17H20N6O2/c1-11(24)23-9-5-13-14(10-23)21-16(12-2-6-19-7-3-12)22-17(13)20-8-4-15(18)25/h2-3,6-7H,4-5,8-10H2,1H3,(H2,18,25)(H,20,21,22). The van der Waals surface area contributed by atoms with Crippen molar-refractivity contribution in [2.24, 2.45) is 5.73 Å². The molecule has 0 aromatic carbocycles. The van der Waals surface area contributed by atoms with E-state index in [9.17, 15) is 9.59 Å². The lowest BCUT2D eigenvalue weighted by Crippen LogP contribution is -2.35. The second kappa shape index (κ2) is 7.25. The number of aromatic nitrogens is 3. The van der Waals surface area contributed by atoms with Crippen molar-refractivity contribution in [1.29, 1.82) is 0 Å². The molecule has 0 saturated heterocycles. The highest BCUT2D eigenvalue weighted by molar-refractivity contribution is 5.75. The summed E-state index contributed by atoms with van der Waals surface area (Å²) < 4.78 is 0. The SMILES string of the molecule is CC(=O)N1CCc2c(nc(-c3ccncc3)nc2NCCC(N)=O)C1. The van der Waals surface area contributed by atoms with E-state index in [2.05, 4.69) is 20.3 Å². The molecule has 3 heterocycles. The zero-order valence-corrected chi connectivity index (χ0v) is 14.0. The lowest BCUT2D eigenvalue weighted by Gasteiger charge is -2.28. The highest BCUT2D eigenvalue weighted by Gasteiger charge is 2.24. The highest BCUT2D eigenvalue weighted by atomic mass is 16.2. The van der Waals surface area contributed by atoms with Crippen molar-refractivity contribution in [3.05, 3.63) is 35.8 Å². The van der Waals surface area contributed by atoms with E-state index in [4.69, 9.17) is 5.73 Å². The van der Waals surface area contributed by atoms with Crippen LogP contribution in [0.3, 0.4) is 0 Å². The molecule has 1 aliphatic rings. The van der Waals surface area contributed by atoms with E-state index in [-0.39, 0.29) is 18.2 Å². The van der Waals surface area contributed by atoms with Gasteiger partial charge in [-0.15, -0.1) is 0 Å². The van der Waals surface area contributed by atoms with Crippen LogP contribution in [0.1, 0.15) is 24.6 Å². The number of rotatable bonds is 5. The van der Waals surface area contributed by atoms with Gasteiger partial charge in [0.15, 0.2) is 5.82 Å². The molecule has 2 aromatic rings. The van der Waals surface area contributed by atoms with E-state index < -0.39 is 0 Å². The number of nitrogens with one attached hydrogen (secondary N) is 1. The molecule has 0 unspecified atom stereocenters. The Bertz CT molecular complexity index is 793. The van der Waals surface area contributed by atoms with Crippen molar-refractivity contribution in [3.8, 4) is 11.4 Å². The fourth-order valence-corrected chi connectivity index (χ4v) is 2.78. The van der Waals surface area contributed by atoms with Crippen molar-refractivity contribution in [3.63, 3.8) is 0 Å². The van der Waals surface area contributed by atoms with Crippen LogP contribution < -0.4 is 11.1 Å². The number of hydrogen-bond donors (Lipinski definition) is 2. The highest BCUT2D eigenvalue weighted by Crippen LogP contribution is 2.27. The third-order valence-electron chi connectivity index (χ3n) is 4.11. The smallest absolute Gasteiger partial charge is 0.219 e. The lowest BCUT2D eigenvalue weighted by atomic mass is 10.0. The fraction of sp³-hybridized carbons (Fsp3) is 0.353. The number of hydrogen-bond acceptors (Lipinski definition) is 6. The van der Waals surface area contributed by atoms with Crippen molar-refractivity contribution in [2.75, 3.05) is 18.4 Å². The van der Waals surface area contributed by atoms with Crippen LogP contribution in [-0.4, -0.2) is 44.8 Å². The summed E-state index contributed by atoms with van der Waals surface area (Å²) in [5.74, 6) is 0.917. The molecule has 0 bridgehead atoms. The van der Waals surface area contributed by atoms with Crippen LogP contribution >= 0.6 is 0 Å². The van der Waals surface area contributed by atoms with E-state index in [0.29, 0.717) is 37.7 Å². The average molecular weight is 340 g/mol. The van der Waals surface area contributed by atoms with Gasteiger partial charge in [-0.3, -0.25) is 14.6 Å². The number of anilines is 1. The molecular weight excluding hydrogens is 320 g/mol. The minimum absolute atomic E-state index is 0.0259. The predicted octanol–water partition coefficient (Wildman–Crippen LogP) is 0.731. The summed E-state index contributed by atoms with van der Waals surface area (Å²) in [7, 11) is 0. The van der Waals surface area contributed by atoms with Gasteiger partial charge in [0.1, 0.15) is 5.82 Å². The monoisotopic (exact) mass is 340 g/mol. The zero-order valence-electron chi connectivity index (χ0n) is 14.0. The zero-order chi connectivity index (χ0) is 17.8. The van der Waals surface area contributed by atoms with Crippen molar-refractivity contribution in [2.45, 2.75) is 26.3 Å². The Morgan fingerprint density at radius 1 is 1.28 bits per heavy atom. The Labute approximate surface area is 145 Å². The second-order valence-electron chi connectivity index (χ2n) is 5.89. The van der Waals surface area contributed by atoms with Gasteiger partial charge in [-0.1, -0.05) is 0 Å². The molecule has 0 radical (unpaired) electrons. The maximum Gasteiger partial charge on any atom is 0.219 e. The maximum atomic E-state index is 11.7. The molecule has 0 aliphatic carbocycles. The quantitative estimate of drug-likeness (QED) is 0.829. The number of nitrogens with zero attached hydrogens (tertiary/aromatic N) is 4. The van der Waals surface area contributed by atoms with Crippen LogP contribution in [0.15, 0.2) is 24.5 Å². The van der Waals surface area contributed by atoms with Gasteiger partial charge < -0.3 is 16.0 Å². The molecular formula is C17H20N6O2. The first-order valence-corrected chi connectivity index (χ1v) is 8.12. The number of primary amides is 1. The third kappa shape index (κ3) is 3.90. The molecule has 130 valence electrons. The minimum Gasteiger partial charge on any atom is -0.370 e. The van der Waals surface area contributed by atoms with Crippen LogP contribution in [-0.2, 0) is 22.6 Å². The van der Waals surface area contributed by atoms with Crippen LogP contribution in [0.5, 0.6) is 0 Å². The van der Waals surface area contributed by atoms with E-state index in [1.165, 1.54) is 0 Å². The molecule has 1 aliphatic heterocycles. The van der Waals surface area contributed by atoms with Crippen LogP contribution in [0.2, 0.25) is 0 Å². The van der Waals surface area contributed by atoms with Gasteiger partial charge in [-0.2, -0.15) is 0 Å². The molecule has 2 amide bonds. The number of carbonyl (C=O) groups is 2. The summed E-state index contributed by atoms with van der Waals surface area (Å²) >= 11 is 0. The van der Waals surface area contributed by atoms with Gasteiger partial charge in [0.25, 0.3) is 0 Å². The van der Waals surface area contributed by atoms with Gasteiger partial charge in [0, 0.05) is 50.0 Å². The van der Waals surface area contributed by atoms with E-state index >= 15 is 0 Å². The molecule has 2 aromatic heterocycles. The molecule has 0 fully saturated rings. The molecule has 8 heteroatoms. The number of nitrogens with two attached hydrogens (primary N) is 1. The summed E-state index contributed by atoms with van der Waals surface area (Å²) in [6.07, 6.45) is 4.26. The first-order chi connectivity index (χ1) is 12.0. The largest absolute Gasteiger partial charge is 0.370 e. The van der Waals surface area contributed by atoms with Crippen LogP contribution in [0, 0.1) is 0 Å². The Hall–Kier alpha value is -3.03. The molecule has 0 atom stereocenters. The molecule has 25 heavy (non-hydrogen) atoms.